The minimum atomic E-state index is -3.50. The van der Waals surface area contributed by atoms with Crippen molar-refractivity contribution >= 4 is 45.0 Å². The van der Waals surface area contributed by atoms with E-state index in [1.165, 1.54) is 12.1 Å². The van der Waals surface area contributed by atoms with Crippen LogP contribution in [0.1, 0.15) is 23.2 Å². The zero-order chi connectivity index (χ0) is 20.2. The maximum Gasteiger partial charge on any atom is 0.260 e. The second-order valence-corrected chi connectivity index (χ2v) is 8.37. The number of ether oxygens (including phenoxy) is 1. The number of carbonyl (C=O) groups excluding carboxylic acids is 2. The molecule has 3 N–H and O–H groups in total. The molecule has 0 aliphatic carbocycles. The number of benzene rings is 1. The molecule has 1 aromatic carbocycles. The topological polar surface area (TPSA) is 119 Å². The molecule has 0 bridgehead atoms. The van der Waals surface area contributed by atoms with Gasteiger partial charge in [-0.25, -0.2) is 13.1 Å². The normalized spacial score (nSPS) is 15.4. The van der Waals surface area contributed by atoms with Gasteiger partial charge in [-0.15, -0.1) is 0 Å². The highest BCUT2D eigenvalue weighted by atomic mass is 35.5. The summed E-state index contributed by atoms with van der Waals surface area (Å²) in [6, 6.07) is 2.36. The third-order valence-electron chi connectivity index (χ3n) is 4.04. The van der Waals surface area contributed by atoms with Crippen LogP contribution in [0, 0.1) is 0 Å². The fraction of sp³-hybridized carbons (Fsp3) is 0.375. The Balaban J connectivity index is 1.91. The number of sulfonamides is 1. The quantitative estimate of drug-likeness (QED) is 0.672. The van der Waals surface area contributed by atoms with Gasteiger partial charge in [-0.3, -0.25) is 9.59 Å². The van der Waals surface area contributed by atoms with Gasteiger partial charge in [0.2, 0.25) is 15.9 Å². The summed E-state index contributed by atoms with van der Waals surface area (Å²) in [5.41, 5.74) is 5.26. The van der Waals surface area contributed by atoms with E-state index in [0.29, 0.717) is 25.9 Å². The van der Waals surface area contributed by atoms with E-state index in [0.717, 1.165) is 5.41 Å². The molecule has 0 aromatic heterocycles. The second kappa shape index (κ2) is 8.92. The van der Waals surface area contributed by atoms with E-state index in [-0.39, 0.29) is 39.9 Å². The highest BCUT2D eigenvalue weighted by Crippen LogP contribution is 2.31. The van der Waals surface area contributed by atoms with Crippen molar-refractivity contribution in [2.24, 2.45) is 5.73 Å². The number of hydrogen-bond acceptors (Lipinski definition) is 5. The van der Waals surface area contributed by atoms with Crippen LogP contribution in [-0.4, -0.2) is 50.9 Å². The summed E-state index contributed by atoms with van der Waals surface area (Å²) in [5.74, 6) is -0.902. The summed E-state index contributed by atoms with van der Waals surface area (Å²) in [4.78, 5) is 25.2. The third kappa shape index (κ3) is 5.83. The fourth-order valence-corrected chi connectivity index (χ4v) is 3.91. The second-order valence-electron chi connectivity index (χ2n) is 5.90. The monoisotopic (exact) mass is 435 g/mol. The van der Waals surface area contributed by atoms with E-state index < -0.39 is 15.9 Å². The molecule has 148 valence electrons. The largest absolute Gasteiger partial charge is 0.482 e. The molecule has 27 heavy (non-hydrogen) atoms. The molecular weight excluding hydrogens is 417 g/mol. The Morgan fingerprint density at radius 1 is 1.30 bits per heavy atom. The van der Waals surface area contributed by atoms with Crippen molar-refractivity contribution < 1.29 is 22.7 Å². The van der Waals surface area contributed by atoms with Crippen molar-refractivity contribution in [1.82, 2.24) is 9.62 Å². The first-order valence-corrected chi connectivity index (χ1v) is 10.3. The number of rotatable bonds is 7. The summed E-state index contributed by atoms with van der Waals surface area (Å²) in [6.07, 6.45) is 0.957. The molecule has 0 radical (unpaired) electrons. The van der Waals surface area contributed by atoms with Gasteiger partial charge in [-0.2, -0.15) is 0 Å². The van der Waals surface area contributed by atoms with E-state index in [2.05, 4.69) is 11.3 Å². The summed E-state index contributed by atoms with van der Waals surface area (Å²) >= 11 is 11.9. The van der Waals surface area contributed by atoms with E-state index in [9.17, 15) is 18.0 Å². The van der Waals surface area contributed by atoms with Crippen LogP contribution in [0.2, 0.25) is 10.0 Å². The lowest BCUT2D eigenvalue weighted by Crippen LogP contribution is -2.47. The molecule has 1 fully saturated rings. The maximum absolute atomic E-state index is 12.3. The molecule has 0 unspecified atom stereocenters. The minimum Gasteiger partial charge on any atom is -0.482 e. The smallest absolute Gasteiger partial charge is 0.260 e. The summed E-state index contributed by atoms with van der Waals surface area (Å²) in [6.45, 7) is 3.72. The molecule has 2 amide bonds. The Hall–Kier alpha value is -1.81. The zero-order valence-electron chi connectivity index (χ0n) is 14.3. The van der Waals surface area contributed by atoms with Crippen LogP contribution < -0.4 is 15.2 Å². The number of nitrogens with one attached hydrogen (secondary N) is 1. The van der Waals surface area contributed by atoms with Gasteiger partial charge in [0.25, 0.3) is 5.91 Å². The molecule has 0 saturated carbocycles. The molecule has 11 heteroatoms. The molecule has 1 aliphatic heterocycles. The van der Waals surface area contributed by atoms with Gasteiger partial charge in [-0.05, 0) is 25.0 Å². The van der Waals surface area contributed by atoms with Gasteiger partial charge in [0.05, 0.1) is 15.6 Å². The Morgan fingerprint density at radius 3 is 2.48 bits per heavy atom. The summed E-state index contributed by atoms with van der Waals surface area (Å²) in [7, 11) is -3.50. The van der Waals surface area contributed by atoms with E-state index >= 15 is 0 Å². The Kier molecular flexibility index (Phi) is 7.10. The van der Waals surface area contributed by atoms with Gasteiger partial charge in [0.15, 0.2) is 6.61 Å². The summed E-state index contributed by atoms with van der Waals surface area (Å²) < 4.78 is 30.9. The molecule has 1 aliphatic rings. The molecule has 2 rings (SSSR count). The number of likely N-dealkylation sites (tertiary alicyclic amines) is 1. The SMILES string of the molecule is C=CS(=O)(=O)NC1CCN(C(=O)COc2cc(C(N)=O)c(Cl)cc2Cl)CC1. The van der Waals surface area contributed by atoms with Crippen LogP contribution >= 0.6 is 23.2 Å². The molecule has 1 aromatic rings. The minimum absolute atomic E-state index is 0.0406. The van der Waals surface area contributed by atoms with Gasteiger partial charge >= 0.3 is 0 Å². The lowest BCUT2D eigenvalue weighted by molar-refractivity contribution is -0.134. The third-order valence-corrected chi connectivity index (χ3v) is 5.74. The molecule has 1 saturated heterocycles. The highest BCUT2D eigenvalue weighted by molar-refractivity contribution is 7.92. The van der Waals surface area contributed by atoms with Gasteiger partial charge in [-0.1, -0.05) is 29.8 Å². The average molecular weight is 436 g/mol. The maximum atomic E-state index is 12.3. The van der Waals surface area contributed by atoms with Gasteiger partial charge in [0.1, 0.15) is 5.75 Å². The number of amides is 2. The van der Waals surface area contributed by atoms with Crippen LogP contribution in [0.25, 0.3) is 0 Å². The Bertz CT molecular complexity index is 852. The summed E-state index contributed by atoms with van der Waals surface area (Å²) in [5, 5.41) is 1.10. The number of piperidine rings is 1. The first-order valence-electron chi connectivity index (χ1n) is 7.97. The first kappa shape index (κ1) is 21.5. The number of carbonyl (C=O) groups is 2. The van der Waals surface area contributed by atoms with Crippen molar-refractivity contribution in [3.05, 3.63) is 39.7 Å². The fourth-order valence-electron chi connectivity index (χ4n) is 2.59. The molecule has 8 nitrogen and oxygen atoms in total. The number of primary amides is 1. The van der Waals surface area contributed by atoms with Crippen LogP contribution in [0.15, 0.2) is 24.1 Å². The van der Waals surface area contributed by atoms with Crippen molar-refractivity contribution in [3.8, 4) is 5.75 Å². The van der Waals surface area contributed by atoms with Crippen LogP contribution in [0.3, 0.4) is 0 Å². The van der Waals surface area contributed by atoms with E-state index in [1.807, 2.05) is 0 Å². The van der Waals surface area contributed by atoms with Crippen molar-refractivity contribution in [3.63, 3.8) is 0 Å². The lowest BCUT2D eigenvalue weighted by atomic mass is 10.1. The molecule has 0 spiro atoms. The molecule has 1 heterocycles. The van der Waals surface area contributed by atoms with Crippen LogP contribution in [0.4, 0.5) is 0 Å². The Labute approximate surface area is 167 Å². The zero-order valence-corrected chi connectivity index (χ0v) is 16.6. The number of hydrogen-bond donors (Lipinski definition) is 2. The first-order chi connectivity index (χ1) is 12.6. The van der Waals surface area contributed by atoms with Crippen LogP contribution in [-0.2, 0) is 14.8 Å². The van der Waals surface area contributed by atoms with Gasteiger partial charge < -0.3 is 15.4 Å². The lowest BCUT2D eigenvalue weighted by Gasteiger charge is -2.32. The highest BCUT2D eigenvalue weighted by Gasteiger charge is 2.25. The van der Waals surface area contributed by atoms with Crippen molar-refractivity contribution in [2.45, 2.75) is 18.9 Å². The average Bonchev–Trinajstić information content (AvgIpc) is 2.60. The molecule has 0 atom stereocenters. The number of nitrogens with two attached hydrogens (primary N) is 1. The van der Waals surface area contributed by atoms with Crippen molar-refractivity contribution in [2.75, 3.05) is 19.7 Å². The molecular formula is C16H19Cl2N3O5S. The predicted molar refractivity (Wildman–Crippen MR) is 102 cm³/mol. The van der Waals surface area contributed by atoms with Crippen molar-refractivity contribution in [1.29, 1.82) is 0 Å². The number of nitrogens with zero attached hydrogens (tertiary/aromatic N) is 1. The standard InChI is InChI=1S/C16H19Cl2N3O5S/c1-2-27(24,25)20-10-3-5-21(6-4-10)15(22)9-26-14-7-11(16(19)23)12(17)8-13(14)18/h2,7-8,10,20H,1,3-6,9H2,(H2,19,23). The van der Waals surface area contributed by atoms with Crippen LogP contribution in [0.5, 0.6) is 5.75 Å². The van der Waals surface area contributed by atoms with E-state index in [4.69, 9.17) is 33.7 Å². The van der Waals surface area contributed by atoms with E-state index in [1.54, 1.807) is 4.90 Å². The number of halogens is 2. The van der Waals surface area contributed by atoms with Gasteiger partial charge in [0, 0.05) is 24.5 Å². The predicted octanol–water partition coefficient (Wildman–Crippen LogP) is 1.52. The Morgan fingerprint density at radius 2 is 1.93 bits per heavy atom.